The van der Waals surface area contributed by atoms with Gasteiger partial charge in [-0.2, -0.15) is 0 Å². The van der Waals surface area contributed by atoms with Crippen molar-refractivity contribution in [2.75, 3.05) is 0 Å². The molecule has 0 nitrogen and oxygen atoms in total. The highest BCUT2D eigenvalue weighted by molar-refractivity contribution is 4.67. The molecule has 0 heterocycles. The fourth-order valence-electron chi connectivity index (χ4n) is 7.72. The molecule has 1 unspecified atom stereocenters. The lowest BCUT2D eigenvalue weighted by atomic mass is 9.89. The average Bonchev–Trinajstić information content (AvgIpc) is 3.10. The standard InChI is InChI=1S/C48H92/c1-4-7-10-13-16-19-22-24-26-27-29-32-35-38-41-44-47-48(45-42-39-36-33-30-21-18-15-12-9-6-3)46-43-40-37-34-31-28-25-23-20-17-14-11-8-5-2/h4-6,48H,1-3,7-47H2. The first kappa shape index (κ1) is 47.2. The maximum atomic E-state index is 3.85. The Morgan fingerprint density at radius 2 is 0.354 bits per heavy atom. The van der Waals surface area contributed by atoms with Crippen LogP contribution in [0.25, 0.3) is 0 Å². The van der Waals surface area contributed by atoms with Gasteiger partial charge in [-0.3, -0.25) is 0 Å². The van der Waals surface area contributed by atoms with Crippen LogP contribution in [0.3, 0.4) is 0 Å². The molecule has 0 spiro atoms. The molecule has 0 heteroatoms. The van der Waals surface area contributed by atoms with E-state index in [0.29, 0.717) is 0 Å². The SMILES string of the molecule is C=CCCCCCCCCCCCCCCCCC(CCCCCCCCCCCC=C)CCCCCCCCCCCCCCC=C. The van der Waals surface area contributed by atoms with Crippen LogP contribution in [0.5, 0.6) is 0 Å². The monoisotopic (exact) mass is 669 g/mol. The van der Waals surface area contributed by atoms with Gasteiger partial charge in [0.15, 0.2) is 0 Å². The highest BCUT2D eigenvalue weighted by Crippen LogP contribution is 2.25. The van der Waals surface area contributed by atoms with E-state index in [1.165, 1.54) is 263 Å². The molecule has 0 saturated carbocycles. The van der Waals surface area contributed by atoms with Crippen molar-refractivity contribution in [1.82, 2.24) is 0 Å². The van der Waals surface area contributed by atoms with Crippen LogP contribution >= 0.6 is 0 Å². The summed E-state index contributed by atoms with van der Waals surface area (Å²) in [5, 5.41) is 0. The summed E-state index contributed by atoms with van der Waals surface area (Å²) in [7, 11) is 0. The fraction of sp³-hybridized carbons (Fsp3) is 0.875. The van der Waals surface area contributed by atoms with Gasteiger partial charge in [0.1, 0.15) is 0 Å². The third-order valence-electron chi connectivity index (χ3n) is 11.1. The highest BCUT2D eigenvalue weighted by Gasteiger charge is 2.09. The van der Waals surface area contributed by atoms with E-state index in [1.54, 1.807) is 0 Å². The Morgan fingerprint density at radius 1 is 0.208 bits per heavy atom. The van der Waals surface area contributed by atoms with Crippen molar-refractivity contribution < 1.29 is 0 Å². The van der Waals surface area contributed by atoms with Crippen LogP contribution in [0, 0.1) is 5.92 Å². The molecule has 284 valence electrons. The molecule has 0 amide bonds. The van der Waals surface area contributed by atoms with E-state index in [2.05, 4.69) is 38.0 Å². The smallest absolute Gasteiger partial charge is 0.0353 e. The number of hydrogen-bond donors (Lipinski definition) is 0. The Balaban J connectivity index is 3.90. The highest BCUT2D eigenvalue weighted by atomic mass is 14.1. The second-order valence-electron chi connectivity index (χ2n) is 15.8. The van der Waals surface area contributed by atoms with Gasteiger partial charge in [-0.15, -0.1) is 19.7 Å². The van der Waals surface area contributed by atoms with Gasteiger partial charge < -0.3 is 0 Å². The van der Waals surface area contributed by atoms with E-state index in [0.717, 1.165) is 5.92 Å². The summed E-state index contributed by atoms with van der Waals surface area (Å²) in [6.45, 7) is 11.5. The van der Waals surface area contributed by atoms with Crippen molar-refractivity contribution >= 4 is 0 Å². The number of unbranched alkanes of at least 4 members (excludes halogenated alkanes) is 35. The first-order valence-corrected chi connectivity index (χ1v) is 22.7. The van der Waals surface area contributed by atoms with Gasteiger partial charge >= 0.3 is 0 Å². The molecule has 0 aromatic carbocycles. The Labute approximate surface area is 306 Å². The predicted molar refractivity (Wildman–Crippen MR) is 223 cm³/mol. The summed E-state index contributed by atoms with van der Waals surface area (Å²) in [5.74, 6) is 1.02. The van der Waals surface area contributed by atoms with Crippen LogP contribution in [0.1, 0.15) is 263 Å². The summed E-state index contributed by atoms with van der Waals surface area (Å²) in [6.07, 6.45) is 65.3. The fourth-order valence-corrected chi connectivity index (χ4v) is 7.72. The van der Waals surface area contributed by atoms with Crippen molar-refractivity contribution in [3.05, 3.63) is 38.0 Å². The quantitative estimate of drug-likeness (QED) is 0.0448. The van der Waals surface area contributed by atoms with E-state index in [9.17, 15) is 0 Å². The zero-order valence-electron chi connectivity index (χ0n) is 33.4. The van der Waals surface area contributed by atoms with E-state index in [-0.39, 0.29) is 0 Å². The molecule has 0 aromatic heterocycles. The second kappa shape index (κ2) is 44.2. The number of hydrogen-bond acceptors (Lipinski definition) is 0. The first-order valence-electron chi connectivity index (χ1n) is 22.7. The number of allylic oxidation sites excluding steroid dienone is 3. The van der Waals surface area contributed by atoms with Gasteiger partial charge in [0.05, 0.1) is 0 Å². The van der Waals surface area contributed by atoms with Gasteiger partial charge in [-0.05, 0) is 44.4 Å². The molecule has 48 heavy (non-hydrogen) atoms. The minimum absolute atomic E-state index is 1.02. The first-order chi connectivity index (χ1) is 23.8. The Bertz CT molecular complexity index is 601. The zero-order chi connectivity index (χ0) is 34.7. The summed E-state index contributed by atoms with van der Waals surface area (Å²) >= 11 is 0. The van der Waals surface area contributed by atoms with Gasteiger partial charge in [0, 0.05) is 0 Å². The summed E-state index contributed by atoms with van der Waals surface area (Å²) in [4.78, 5) is 0. The molecule has 0 N–H and O–H groups in total. The van der Waals surface area contributed by atoms with E-state index < -0.39 is 0 Å². The maximum absolute atomic E-state index is 3.85. The zero-order valence-corrected chi connectivity index (χ0v) is 33.4. The Morgan fingerprint density at radius 3 is 0.521 bits per heavy atom. The van der Waals surface area contributed by atoms with Crippen LogP contribution in [0.4, 0.5) is 0 Å². The average molecular weight is 669 g/mol. The third-order valence-corrected chi connectivity index (χ3v) is 11.1. The van der Waals surface area contributed by atoms with Crippen molar-refractivity contribution in [2.24, 2.45) is 5.92 Å². The van der Waals surface area contributed by atoms with Crippen LogP contribution in [0.2, 0.25) is 0 Å². The van der Waals surface area contributed by atoms with Crippen molar-refractivity contribution in [3.8, 4) is 0 Å². The lowest BCUT2D eigenvalue weighted by molar-refractivity contribution is 0.365. The minimum atomic E-state index is 1.02. The molecule has 0 radical (unpaired) electrons. The largest absolute Gasteiger partial charge is 0.103 e. The number of rotatable bonds is 44. The van der Waals surface area contributed by atoms with Crippen molar-refractivity contribution in [3.63, 3.8) is 0 Å². The lowest BCUT2D eigenvalue weighted by Gasteiger charge is -2.17. The van der Waals surface area contributed by atoms with Crippen LogP contribution in [-0.4, -0.2) is 0 Å². The molecule has 0 fully saturated rings. The molecule has 0 aliphatic carbocycles. The predicted octanol–water partition coefficient (Wildman–Crippen LogP) is 18.2. The van der Waals surface area contributed by atoms with Gasteiger partial charge in [0.25, 0.3) is 0 Å². The molecule has 0 aromatic rings. The second-order valence-corrected chi connectivity index (χ2v) is 15.8. The van der Waals surface area contributed by atoms with Crippen LogP contribution in [-0.2, 0) is 0 Å². The van der Waals surface area contributed by atoms with Gasteiger partial charge in [-0.25, -0.2) is 0 Å². The molecular weight excluding hydrogens is 577 g/mol. The summed E-state index contributed by atoms with van der Waals surface area (Å²) < 4.78 is 0. The van der Waals surface area contributed by atoms with Crippen molar-refractivity contribution in [1.29, 1.82) is 0 Å². The van der Waals surface area contributed by atoms with E-state index in [4.69, 9.17) is 0 Å². The Hall–Kier alpha value is -0.780. The van der Waals surface area contributed by atoms with Crippen LogP contribution < -0.4 is 0 Å². The topological polar surface area (TPSA) is 0 Å². The van der Waals surface area contributed by atoms with Gasteiger partial charge in [-0.1, -0.05) is 243 Å². The molecular formula is C48H92. The lowest BCUT2D eigenvalue weighted by Crippen LogP contribution is -2.01. The molecule has 0 rings (SSSR count). The van der Waals surface area contributed by atoms with Crippen molar-refractivity contribution in [2.45, 2.75) is 263 Å². The minimum Gasteiger partial charge on any atom is -0.103 e. The summed E-state index contributed by atoms with van der Waals surface area (Å²) in [5.41, 5.74) is 0. The van der Waals surface area contributed by atoms with Crippen LogP contribution in [0.15, 0.2) is 38.0 Å². The van der Waals surface area contributed by atoms with E-state index >= 15 is 0 Å². The molecule has 0 saturated heterocycles. The van der Waals surface area contributed by atoms with E-state index in [1.807, 2.05) is 0 Å². The normalized spacial score (nSPS) is 12.0. The third kappa shape index (κ3) is 41.4. The van der Waals surface area contributed by atoms with Gasteiger partial charge in [0.2, 0.25) is 0 Å². The molecule has 1 atom stereocenters. The Kier molecular flexibility index (Phi) is 43.5. The molecule has 0 bridgehead atoms. The summed E-state index contributed by atoms with van der Waals surface area (Å²) in [6, 6.07) is 0. The maximum Gasteiger partial charge on any atom is -0.0353 e. The molecule has 0 aliphatic heterocycles. The molecule has 0 aliphatic rings.